The van der Waals surface area contributed by atoms with Crippen LogP contribution in [-0.2, 0) is 11.3 Å². The molecule has 3 heterocycles. The summed E-state index contributed by atoms with van der Waals surface area (Å²) >= 11 is 0. The first kappa shape index (κ1) is 13.3. The van der Waals surface area contributed by atoms with Crippen molar-refractivity contribution < 1.29 is 4.74 Å². The van der Waals surface area contributed by atoms with E-state index in [0.29, 0.717) is 12.2 Å². The highest BCUT2D eigenvalue weighted by molar-refractivity contribution is 5.37. The largest absolute Gasteiger partial charge is 0.373 e. The number of fused-ring (bicyclic) bond motifs is 1. The van der Waals surface area contributed by atoms with Crippen LogP contribution in [0.2, 0.25) is 0 Å². The van der Waals surface area contributed by atoms with Crippen LogP contribution in [0.5, 0.6) is 0 Å². The number of aromatic nitrogens is 2. The molecule has 0 spiro atoms. The van der Waals surface area contributed by atoms with Crippen molar-refractivity contribution in [2.45, 2.75) is 26.0 Å². The lowest BCUT2D eigenvalue weighted by molar-refractivity contribution is -0.0885. The molecule has 1 saturated heterocycles. The topological polar surface area (TPSA) is 46.8 Å². The predicted octanol–water partition coefficient (Wildman–Crippen LogP) is 1.31. The molecule has 0 unspecified atom stereocenters. The lowest BCUT2D eigenvalue weighted by atomic mass is 10.1. The summed E-state index contributed by atoms with van der Waals surface area (Å²) in [5.74, 6) is 0. The maximum Gasteiger partial charge on any atom is 0.258 e. The van der Waals surface area contributed by atoms with E-state index in [2.05, 4.69) is 23.7 Å². The average molecular weight is 273 g/mol. The van der Waals surface area contributed by atoms with Gasteiger partial charge in [0, 0.05) is 31.9 Å². The first-order valence-corrected chi connectivity index (χ1v) is 6.87. The molecular weight excluding hydrogens is 254 g/mol. The fourth-order valence-corrected chi connectivity index (χ4v) is 2.66. The van der Waals surface area contributed by atoms with Gasteiger partial charge in [-0.05, 0) is 26.0 Å². The van der Waals surface area contributed by atoms with E-state index in [1.165, 1.54) is 0 Å². The van der Waals surface area contributed by atoms with Crippen molar-refractivity contribution in [1.29, 1.82) is 0 Å². The molecule has 106 valence electrons. The molecule has 2 aromatic heterocycles. The minimum Gasteiger partial charge on any atom is -0.373 e. The first-order chi connectivity index (χ1) is 9.53. The monoisotopic (exact) mass is 273 g/mol. The second kappa shape index (κ2) is 5.00. The molecule has 5 nitrogen and oxygen atoms in total. The Labute approximate surface area is 117 Å². The molecule has 0 radical (unpaired) electrons. The van der Waals surface area contributed by atoms with Gasteiger partial charge in [-0.2, -0.15) is 0 Å². The minimum absolute atomic E-state index is 0.0295. The third kappa shape index (κ3) is 2.73. The van der Waals surface area contributed by atoms with Gasteiger partial charge in [0.25, 0.3) is 5.56 Å². The summed E-state index contributed by atoms with van der Waals surface area (Å²) < 4.78 is 7.26. The molecule has 0 aromatic carbocycles. The van der Waals surface area contributed by atoms with Gasteiger partial charge in [0.1, 0.15) is 5.65 Å². The molecule has 0 saturated carbocycles. The molecule has 20 heavy (non-hydrogen) atoms. The molecule has 5 heteroatoms. The van der Waals surface area contributed by atoms with Crippen molar-refractivity contribution in [2.75, 3.05) is 19.7 Å². The van der Waals surface area contributed by atoms with Gasteiger partial charge in [-0.1, -0.05) is 6.07 Å². The normalized spacial score (nSPS) is 19.3. The van der Waals surface area contributed by atoms with Crippen LogP contribution in [0.1, 0.15) is 19.5 Å². The van der Waals surface area contributed by atoms with Crippen LogP contribution in [0.3, 0.4) is 0 Å². The average Bonchev–Trinajstić information content (AvgIpc) is 2.37. The van der Waals surface area contributed by atoms with Crippen LogP contribution in [-0.4, -0.2) is 39.6 Å². The lowest BCUT2D eigenvalue weighted by Gasteiger charge is -2.37. The van der Waals surface area contributed by atoms with Crippen LogP contribution in [0.4, 0.5) is 0 Å². The molecule has 1 aliphatic rings. The third-order valence-corrected chi connectivity index (χ3v) is 3.51. The van der Waals surface area contributed by atoms with E-state index < -0.39 is 0 Å². The van der Waals surface area contributed by atoms with E-state index in [-0.39, 0.29) is 11.2 Å². The van der Waals surface area contributed by atoms with E-state index in [4.69, 9.17) is 4.74 Å². The van der Waals surface area contributed by atoms with Crippen molar-refractivity contribution in [3.05, 3.63) is 46.5 Å². The van der Waals surface area contributed by atoms with Crippen molar-refractivity contribution in [1.82, 2.24) is 14.3 Å². The number of ether oxygens (including phenoxy) is 1. The highest BCUT2D eigenvalue weighted by atomic mass is 16.5. The van der Waals surface area contributed by atoms with Gasteiger partial charge < -0.3 is 4.74 Å². The first-order valence-electron chi connectivity index (χ1n) is 6.87. The summed E-state index contributed by atoms with van der Waals surface area (Å²) in [4.78, 5) is 18.9. The Morgan fingerprint density at radius 1 is 1.40 bits per heavy atom. The number of nitrogens with zero attached hydrogens (tertiary/aromatic N) is 3. The van der Waals surface area contributed by atoms with Crippen LogP contribution in [0, 0.1) is 0 Å². The highest BCUT2D eigenvalue weighted by Crippen LogP contribution is 2.17. The van der Waals surface area contributed by atoms with Crippen molar-refractivity contribution in [3.8, 4) is 0 Å². The second-order valence-corrected chi connectivity index (χ2v) is 5.83. The van der Waals surface area contributed by atoms with Crippen molar-refractivity contribution in [2.24, 2.45) is 0 Å². The van der Waals surface area contributed by atoms with E-state index in [0.717, 1.165) is 25.4 Å². The number of morpholine rings is 1. The van der Waals surface area contributed by atoms with Crippen LogP contribution < -0.4 is 5.56 Å². The third-order valence-electron chi connectivity index (χ3n) is 3.51. The SMILES string of the molecule is CC1(C)CN(Cc2cc(=O)n3ccccc3n2)CCO1. The summed E-state index contributed by atoms with van der Waals surface area (Å²) in [5, 5.41) is 0. The molecule has 1 fully saturated rings. The van der Waals surface area contributed by atoms with Gasteiger partial charge in [0.2, 0.25) is 0 Å². The van der Waals surface area contributed by atoms with Crippen LogP contribution in [0.15, 0.2) is 35.3 Å². The van der Waals surface area contributed by atoms with Gasteiger partial charge in [0.15, 0.2) is 0 Å². The van der Waals surface area contributed by atoms with Crippen LogP contribution in [0.25, 0.3) is 5.65 Å². The molecule has 0 bridgehead atoms. The molecule has 0 amide bonds. The van der Waals surface area contributed by atoms with Gasteiger partial charge in [0.05, 0.1) is 17.9 Å². The lowest BCUT2D eigenvalue weighted by Crippen LogP contribution is -2.47. The molecule has 3 rings (SSSR count). The summed E-state index contributed by atoms with van der Waals surface area (Å²) in [5.41, 5.74) is 1.35. The second-order valence-electron chi connectivity index (χ2n) is 5.83. The molecule has 0 N–H and O–H groups in total. The molecule has 1 aliphatic heterocycles. The van der Waals surface area contributed by atoms with E-state index >= 15 is 0 Å². The fourth-order valence-electron chi connectivity index (χ4n) is 2.66. The standard InChI is InChI=1S/C15H19N3O2/c1-15(2)11-17(7-8-20-15)10-12-9-14(19)18-6-4-3-5-13(18)16-12/h3-6,9H,7-8,10-11H2,1-2H3. The Morgan fingerprint density at radius 3 is 3.05 bits per heavy atom. The number of hydrogen-bond donors (Lipinski definition) is 0. The summed E-state index contributed by atoms with van der Waals surface area (Å²) in [6.07, 6.45) is 1.74. The van der Waals surface area contributed by atoms with E-state index in [1.807, 2.05) is 18.2 Å². The number of hydrogen-bond acceptors (Lipinski definition) is 4. The molecule has 0 aliphatic carbocycles. The van der Waals surface area contributed by atoms with Gasteiger partial charge in [-0.3, -0.25) is 14.1 Å². The van der Waals surface area contributed by atoms with Gasteiger partial charge >= 0.3 is 0 Å². The summed E-state index contributed by atoms with van der Waals surface area (Å²) in [6.45, 7) is 7.30. The van der Waals surface area contributed by atoms with E-state index in [9.17, 15) is 4.79 Å². The van der Waals surface area contributed by atoms with Crippen molar-refractivity contribution >= 4 is 5.65 Å². The van der Waals surface area contributed by atoms with E-state index in [1.54, 1.807) is 16.7 Å². The highest BCUT2D eigenvalue weighted by Gasteiger charge is 2.27. The van der Waals surface area contributed by atoms with Crippen LogP contribution >= 0.6 is 0 Å². The fraction of sp³-hybridized carbons (Fsp3) is 0.467. The maximum absolute atomic E-state index is 12.0. The van der Waals surface area contributed by atoms with Crippen molar-refractivity contribution in [3.63, 3.8) is 0 Å². The summed E-state index contributed by atoms with van der Waals surface area (Å²) in [6, 6.07) is 7.20. The Hall–Kier alpha value is -1.72. The maximum atomic E-state index is 12.0. The smallest absolute Gasteiger partial charge is 0.258 e. The number of rotatable bonds is 2. The molecule has 2 aromatic rings. The summed E-state index contributed by atoms with van der Waals surface area (Å²) in [7, 11) is 0. The zero-order valence-corrected chi connectivity index (χ0v) is 11.9. The Bertz CT molecular complexity index is 678. The predicted molar refractivity (Wildman–Crippen MR) is 76.8 cm³/mol. The quantitative estimate of drug-likeness (QED) is 0.827. The van der Waals surface area contributed by atoms with Gasteiger partial charge in [-0.15, -0.1) is 0 Å². The molecular formula is C15H19N3O2. The zero-order chi connectivity index (χ0) is 14.2. The zero-order valence-electron chi connectivity index (χ0n) is 11.9. The Morgan fingerprint density at radius 2 is 2.25 bits per heavy atom. The minimum atomic E-state index is -0.135. The van der Waals surface area contributed by atoms with Gasteiger partial charge in [-0.25, -0.2) is 4.98 Å². The Balaban J connectivity index is 1.86. The Kier molecular flexibility index (Phi) is 3.31. The molecule has 0 atom stereocenters. The number of pyridine rings is 1.